The number of carbonyl (C=O) groups excluding carboxylic acids is 1. The molecule has 0 fully saturated rings. The van der Waals surface area contributed by atoms with Crippen LogP contribution in [0, 0.1) is 0 Å². The third-order valence-corrected chi connectivity index (χ3v) is 1.38. The second kappa shape index (κ2) is 4.16. The van der Waals surface area contributed by atoms with Gasteiger partial charge in [-0.05, 0) is 0 Å². The van der Waals surface area contributed by atoms with Crippen LogP contribution in [0.3, 0.4) is 0 Å². The lowest BCUT2D eigenvalue weighted by atomic mass is 10.2. The third-order valence-electron chi connectivity index (χ3n) is 0.900. The summed E-state index contributed by atoms with van der Waals surface area (Å²) in [7, 11) is -4.90. The molecule has 0 saturated carbocycles. The van der Waals surface area contributed by atoms with Gasteiger partial charge in [0.15, 0.2) is 6.10 Å². The molecule has 0 unspecified atom stereocenters. The number of hydrogen-bond donors (Lipinski definition) is 3. The first kappa shape index (κ1) is 11.8. The lowest BCUT2D eigenvalue weighted by Crippen LogP contribution is -2.31. The molecule has 0 aromatic heterocycles. The minimum absolute atomic E-state index is 0.838. The molecule has 0 radical (unpaired) electrons. The summed E-state index contributed by atoms with van der Waals surface area (Å²) < 4.78 is 31.8. The lowest BCUT2D eigenvalue weighted by Gasteiger charge is -2.07. The number of hydrogen-bond acceptors (Lipinski definition) is 5. The minimum Gasteiger partial charge on any atom is -0.479 e. The Bertz CT molecular complexity index is 306. The second-order valence-electron chi connectivity index (χ2n) is 2.02. The molecule has 0 rings (SSSR count). The molecule has 0 aromatic carbocycles. The van der Waals surface area contributed by atoms with E-state index in [0.717, 1.165) is 0 Å². The maximum absolute atomic E-state index is 10.2. The van der Waals surface area contributed by atoms with Gasteiger partial charge in [0.25, 0.3) is 0 Å². The van der Waals surface area contributed by atoms with E-state index in [1.54, 1.807) is 0 Å². The Kier molecular flexibility index (Phi) is 3.78. The van der Waals surface area contributed by atoms with Crippen molar-refractivity contribution in [3.63, 3.8) is 0 Å². The molecule has 0 heterocycles. The monoisotopic (exact) mass is 213 g/mol. The van der Waals surface area contributed by atoms with Gasteiger partial charge in [0.1, 0.15) is 0 Å². The van der Waals surface area contributed by atoms with Crippen LogP contribution in [0.15, 0.2) is 0 Å². The smallest absolute Gasteiger partial charge is 0.398 e. The number of nitrogens with two attached hydrogens (primary N) is 1. The summed E-state index contributed by atoms with van der Waals surface area (Å²) in [5.74, 6) is -2.77. The Morgan fingerprint density at radius 3 is 2.15 bits per heavy atom. The molecule has 0 aliphatic rings. The van der Waals surface area contributed by atoms with Crippen LogP contribution in [0.25, 0.3) is 0 Å². The summed E-state index contributed by atoms with van der Waals surface area (Å²) in [5.41, 5.74) is 4.59. The highest BCUT2D eigenvalue weighted by atomic mass is 32.3. The number of primary amides is 1. The van der Waals surface area contributed by atoms with E-state index in [1.807, 2.05) is 0 Å². The van der Waals surface area contributed by atoms with E-state index in [-0.39, 0.29) is 0 Å². The minimum atomic E-state index is -4.90. The largest absolute Gasteiger partial charge is 0.479 e. The molecule has 0 saturated heterocycles. The fourth-order valence-corrected chi connectivity index (χ4v) is 0.936. The predicted molar refractivity (Wildman–Crippen MR) is 37.9 cm³/mol. The van der Waals surface area contributed by atoms with Gasteiger partial charge in [0.05, 0.1) is 6.42 Å². The van der Waals surface area contributed by atoms with Crippen molar-refractivity contribution in [2.24, 2.45) is 5.73 Å². The van der Waals surface area contributed by atoms with Crippen LogP contribution in [0.1, 0.15) is 6.42 Å². The van der Waals surface area contributed by atoms with E-state index >= 15 is 0 Å². The first-order chi connectivity index (χ1) is 5.72. The van der Waals surface area contributed by atoms with E-state index in [1.165, 1.54) is 0 Å². The second-order valence-corrected chi connectivity index (χ2v) is 3.07. The molecule has 8 nitrogen and oxygen atoms in total. The van der Waals surface area contributed by atoms with E-state index < -0.39 is 34.8 Å². The predicted octanol–water partition coefficient (Wildman–Crippen LogP) is -1.87. The molecule has 76 valence electrons. The summed E-state index contributed by atoms with van der Waals surface area (Å²) in [4.78, 5) is 20.4. The van der Waals surface area contributed by atoms with Gasteiger partial charge in [-0.2, -0.15) is 8.42 Å². The number of carboxylic acid groups (broad SMARTS) is 1. The molecule has 0 spiro atoms. The number of rotatable bonds is 5. The average molecular weight is 213 g/mol. The van der Waals surface area contributed by atoms with Gasteiger partial charge in [-0.25, -0.2) is 8.98 Å². The SMILES string of the molecule is NC(=O)C[C@H](OS(=O)(=O)O)C(=O)O. The highest BCUT2D eigenvalue weighted by Gasteiger charge is 2.26. The molecule has 1 amide bonds. The molecule has 0 bridgehead atoms. The van der Waals surface area contributed by atoms with Gasteiger partial charge in [-0.3, -0.25) is 9.35 Å². The Balaban J connectivity index is 4.45. The number of aliphatic carboxylic acids is 1. The first-order valence-electron chi connectivity index (χ1n) is 2.89. The maximum atomic E-state index is 10.2. The zero-order valence-corrected chi connectivity index (χ0v) is 7.02. The summed E-state index contributed by atoms with van der Waals surface area (Å²) in [6.45, 7) is 0. The zero-order valence-electron chi connectivity index (χ0n) is 6.21. The van der Waals surface area contributed by atoms with Crippen LogP contribution in [-0.2, 0) is 24.2 Å². The highest BCUT2D eigenvalue weighted by molar-refractivity contribution is 7.80. The summed E-state index contributed by atoms with van der Waals surface area (Å²) in [6.07, 6.45) is -2.83. The van der Waals surface area contributed by atoms with Gasteiger partial charge in [0, 0.05) is 0 Å². The summed E-state index contributed by atoms with van der Waals surface area (Å²) >= 11 is 0. The number of carboxylic acids is 1. The first-order valence-corrected chi connectivity index (χ1v) is 4.25. The van der Waals surface area contributed by atoms with Crippen molar-refractivity contribution in [1.29, 1.82) is 0 Å². The van der Waals surface area contributed by atoms with Crippen molar-refractivity contribution >= 4 is 22.3 Å². The van der Waals surface area contributed by atoms with Crippen LogP contribution < -0.4 is 5.73 Å². The molecule has 0 aliphatic carbocycles. The lowest BCUT2D eigenvalue weighted by molar-refractivity contribution is -0.147. The molecular weight excluding hydrogens is 206 g/mol. The van der Waals surface area contributed by atoms with Gasteiger partial charge in [-0.1, -0.05) is 0 Å². The molecular formula is C4H7NO7S. The van der Waals surface area contributed by atoms with Crippen LogP contribution in [0.2, 0.25) is 0 Å². The Morgan fingerprint density at radius 1 is 1.46 bits per heavy atom. The Hall–Kier alpha value is -1.19. The van der Waals surface area contributed by atoms with Crippen molar-refractivity contribution in [1.82, 2.24) is 0 Å². The van der Waals surface area contributed by atoms with Crippen molar-refractivity contribution < 1.29 is 31.8 Å². The summed E-state index contributed by atoms with van der Waals surface area (Å²) in [5, 5.41) is 8.28. The van der Waals surface area contributed by atoms with Crippen LogP contribution in [0.5, 0.6) is 0 Å². The van der Waals surface area contributed by atoms with Crippen molar-refractivity contribution in [2.45, 2.75) is 12.5 Å². The normalized spacial score (nSPS) is 13.6. The quantitative estimate of drug-likeness (QED) is 0.454. The van der Waals surface area contributed by atoms with E-state index in [9.17, 15) is 18.0 Å². The fraction of sp³-hybridized carbons (Fsp3) is 0.500. The standard InChI is InChI=1S/C4H7NO7S/c5-3(6)1-2(4(7)8)12-13(9,10)11/h2H,1H2,(H2,5,6)(H,7,8)(H,9,10,11)/t2-/m0/s1. The van der Waals surface area contributed by atoms with Gasteiger partial charge in [0.2, 0.25) is 5.91 Å². The molecule has 0 aromatic rings. The molecule has 13 heavy (non-hydrogen) atoms. The maximum Gasteiger partial charge on any atom is 0.398 e. The molecule has 1 atom stereocenters. The van der Waals surface area contributed by atoms with E-state index in [4.69, 9.17) is 9.66 Å². The van der Waals surface area contributed by atoms with Crippen LogP contribution in [0.4, 0.5) is 0 Å². The van der Waals surface area contributed by atoms with Gasteiger partial charge < -0.3 is 10.8 Å². The zero-order chi connectivity index (χ0) is 10.6. The van der Waals surface area contributed by atoms with E-state index in [0.29, 0.717) is 0 Å². The van der Waals surface area contributed by atoms with Crippen molar-refractivity contribution in [3.8, 4) is 0 Å². The van der Waals surface area contributed by atoms with Crippen LogP contribution >= 0.6 is 0 Å². The summed E-state index contributed by atoms with van der Waals surface area (Å²) in [6, 6.07) is 0. The Morgan fingerprint density at radius 2 is 1.92 bits per heavy atom. The number of amides is 1. The highest BCUT2D eigenvalue weighted by Crippen LogP contribution is 2.02. The molecule has 4 N–H and O–H groups in total. The third kappa shape index (κ3) is 6.02. The van der Waals surface area contributed by atoms with Crippen molar-refractivity contribution in [2.75, 3.05) is 0 Å². The Labute approximate surface area is 73.2 Å². The van der Waals surface area contributed by atoms with Gasteiger partial charge in [-0.15, -0.1) is 0 Å². The number of carbonyl (C=O) groups is 2. The fourth-order valence-electron chi connectivity index (χ4n) is 0.492. The average Bonchev–Trinajstić information content (AvgIpc) is 1.81. The van der Waals surface area contributed by atoms with Gasteiger partial charge >= 0.3 is 16.4 Å². The molecule has 9 heteroatoms. The van der Waals surface area contributed by atoms with Crippen molar-refractivity contribution in [3.05, 3.63) is 0 Å². The molecule has 0 aliphatic heterocycles. The van der Waals surface area contributed by atoms with E-state index in [2.05, 4.69) is 9.92 Å². The van der Waals surface area contributed by atoms with Crippen LogP contribution in [-0.4, -0.2) is 36.1 Å². The topological polar surface area (TPSA) is 144 Å².